The summed E-state index contributed by atoms with van der Waals surface area (Å²) in [5.74, 6) is 0.849. The summed E-state index contributed by atoms with van der Waals surface area (Å²) in [7, 11) is 0. The first-order chi connectivity index (χ1) is 6.81. The fourth-order valence-corrected chi connectivity index (χ4v) is 1.68. The molecule has 1 N–H and O–H groups in total. The molecule has 2 rings (SSSR count). The van der Waals surface area contributed by atoms with Crippen LogP contribution in [-0.4, -0.2) is 5.11 Å². The molecule has 0 spiro atoms. The Morgan fingerprint density at radius 2 is 2.00 bits per heavy atom. The van der Waals surface area contributed by atoms with Crippen molar-refractivity contribution in [1.29, 1.82) is 0 Å². The van der Waals surface area contributed by atoms with E-state index >= 15 is 0 Å². The van der Waals surface area contributed by atoms with E-state index in [1.165, 1.54) is 0 Å². The van der Waals surface area contributed by atoms with Crippen LogP contribution in [-0.2, 0) is 0 Å². The fourth-order valence-electron chi connectivity index (χ4n) is 1.68. The average molecular weight is 186 g/mol. The monoisotopic (exact) mass is 186 g/mol. The molecule has 1 nitrogen and oxygen atoms in total. The molecule has 0 fully saturated rings. The van der Waals surface area contributed by atoms with Crippen molar-refractivity contribution in [3.8, 4) is 5.75 Å². The third-order valence-electron chi connectivity index (χ3n) is 2.62. The van der Waals surface area contributed by atoms with Crippen molar-refractivity contribution in [3.05, 3.63) is 41.5 Å². The van der Waals surface area contributed by atoms with Crippen LogP contribution in [0.15, 0.2) is 30.4 Å². The van der Waals surface area contributed by atoms with Crippen molar-refractivity contribution in [2.75, 3.05) is 0 Å². The van der Waals surface area contributed by atoms with Crippen LogP contribution in [0.3, 0.4) is 0 Å². The van der Waals surface area contributed by atoms with Crippen LogP contribution in [0.25, 0.3) is 12.2 Å². The van der Waals surface area contributed by atoms with Crippen molar-refractivity contribution in [2.24, 2.45) is 5.92 Å². The normalized spacial score (nSPS) is 19.1. The van der Waals surface area contributed by atoms with Gasteiger partial charge in [0.25, 0.3) is 0 Å². The van der Waals surface area contributed by atoms with Crippen LogP contribution in [0.5, 0.6) is 5.75 Å². The summed E-state index contributed by atoms with van der Waals surface area (Å²) < 4.78 is 0. The van der Waals surface area contributed by atoms with Crippen LogP contribution < -0.4 is 0 Å². The van der Waals surface area contributed by atoms with Gasteiger partial charge in [0.15, 0.2) is 0 Å². The minimum atomic E-state index is 0.361. The lowest BCUT2D eigenvalue weighted by molar-refractivity contribution is 0.474. The van der Waals surface area contributed by atoms with E-state index in [0.29, 0.717) is 11.7 Å². The molecule has 1 unspecified atom stereocenters. The molecule has 0 aliphatic heterocycles. The minimum absolute atomic E-state index is 0.361. The molecule has 1 aliphatic carbocycles. The van der Waals surface area contributed by atoms with Gasteiger partial charge in [0, 0.05) is 5.56 Å². The summed E-state index contributed by atoms with van der Waals surface area (Å²) in [6.07, 6.45) is 9.52. The Bertz CT molecular complexity index is 388. The minimum Gasteiger partial charge on any atom is -0.507 e. The van der Waals surface area contributed by atoms with Crippen molar-refractivity contribution < 1.29 is 5.11 Å². The van der Waals surface area contributed by atoms with Crippen LogP contribution in [0, 0.1) is 5.92 Å². The van der Waals surface area contributed by atoms with Gasteiger partial charge in [-0.25, -0.2) is 0 Å². The first kappa shape index (κ1) is 9.07. The largest absolute Gasteiger partial charge is 0.507 e. The Morgan fingerprint density at radius 3 is 2.79 bits per heavy atom. The Kier molecular flexibility index (Phi) is 2.40. The lowest BCUT2D eigenvalue weighted by Gasteiger charge is -2.01. The number of phenolic OH excluding ortho intramolecular Hbond substituents is 1. The van der Waals surface area contributed by atoms with Gasteiger partial charge >= 0.3 is 0 Å². The summed E-state index contributed by atoms with van der Waals surface area (Å²) in [4.78, 5) is 0. The van der Waals surface area contributed by atoms with Crippen LogP contribution in [0.2, 0.25) is 0 Å². The van der Waals surface area contributed by atoms with E-state index in [2.05, 4.69) is 25.2 Å². The topological polar surface area (TPSA) is 20.2 Å². The zero-order valence-electron chi connectivity index (χ0n) is 8.27. The maximum absolute atomic E-state index is 9.66. The van der Waals surface area contributed by atoms with Crippen molar-refractivity contribution >= 4 is 12.2 Å². The van der Waals surface area contributed by atoms with Gasteiger partial charge in [-0.05, 0) is 24.0 Å². The molecule has 0 bridgehead atoms. The predicted octanol–water partition coefficient (Wildman–Crippen LogP) is 3.46. The van der Waals surface area contributed by atoms with Gasteiger partial charge in [0.2, 0.25) is 0 Å². The Morgan fingerprint density at radius 1 is 1.21 bits per heavy atom. The molecule has 0 saturated carbocycles. The number of benzene rings is 1. The fraction of sp³-hybridized carbons (Fsp3) is 0.231. The van der Waals surface area contributed by atoms with Crippen LogP contribution >= 0.6 is 0 Å². The molecular weight excluding hydrogens is 172 g/mol. The number of hydrogen-bond acceptors (Lipinski definition) is 1. The molecule has 1 heteroatoms. The first-order valence-corrected chi connectivity index (χ1v) is 4.99. The Hall–Kier alpha value is -1.50. The first-order valence-electron chi connectivity index (χ1n) is 4.99. The Labute approximate surface area is 84.4 Å². The lowest BCUT2D eigenvalue weighted by atomic mass is 10.1. The second-order valence-electron chi connectivity index (χ2n) is 3.57. The van der Waals surface area contributed by atoms with E-state index in [1.54, 1.807) is 6.07 Å². The summed E-state index contributed by atoms with van der Waals surface area (Å²) in [6, 6.07) is 5.62. The van der Waals surface area contributed by atoms with Crippen LogP contribution in [0.4, 0.5) is 0 Å². The van der Waals surface area contributed by atoms with Gasteiger partial charge in [-0.3, -0.25) is 0 Å². The van der Waals surface area contributed by atoms with Crippen molar-refractivity contribution in [3.63, 3.8) is 0 Å². The van der Waals surface area contributed by atoms with E-state index in [0.717, 1.165) is 17.5 Å². The van der Waals surface area contributed by atoms with Gasteiger partial charge in [-0.15, -0.1) is 0 Å². The third-order valence-corrected chi connectivity index (χ3v) is 2.62. The van der Waals surface area contributed by atoms with Crippen molar-refractivity contribution in [1.82, 2.24) is 0 Å². The maximum Gasteiger partial charge on any atom is 0.123 e. The SMILES string of the molecule is CCC1C=Cc2cccc(O)c2C=C1. The molecule has 1 aromatic carbocycles. The van der Waals surface area contributed by atoms with Gasteiger partial charge in [-0.1, -0.05) is 43.4 Å². The molecule has 14 heavy (non-hydrogen) atoms. The van der Waals surface area contributed by atoms with E-state index < -0.39 is 0 Å². The third kappa shape index (κ3) is 1.58. The number of allylic oxidation sites excluding steroid dienone is 2. The summed E-state index contributed by atoms with van der Waals surface area (Å²) in [6.45, 7) is 2.16. The van der Waals surface area contributed by atoms with Gasteiger partial charge in [0.1, 0.15) is 5.75 Å². The highest BCUT2D eigenvalue weighted by molar-refractivity contribution is 5.71. The second-order valence-corrected chi connectivity index (χ2v) is 3.57. The summed E-state index contributed by atoms with van der Waals surface area (Å²) in [5.41, 5.74) is 2.02. The molecule has 72 valence electrons. The van der Waals surface area contributed by atoms with Crippen LogP contribution in [0.1, 0.15) is 24.5 Å². The Balaban J connectivity index is 2.48. The smallest absolute Gasteiger partial charge is 0.123 e. The highest BCUT2D eigenvalue weighted by atomic mass is 16.3. The molecule has 0 saturated heterocycles. The van der Waals surface area contributed by atoms with Crippen molar-refractivity contribution in [2.45, 2.75) is 13.3 Å². The molecule has 0 aromatic heterocycles. The highest BCUT2D eigenvalue weighted by Gasteiger charge is 2.06. The molecule has 0 heterocycles. The number of fused-ring (bicyclic) bond motifs is 1. The highest BCUT2D eigenvalue weighted by Crippen LogP contribution is 2.27. The standard InChI is InChI=1S/C13H14O/c1-2-10-6-8-11-4-3-5-13(14)12(11)9-7-10/h3-10,14H,2H2,1H3. The molecule has 1 aromatic rings. The molecule has 0 radical (unpaired) electrons. The lowest BCUT2D eigenvalue weighted by Crippen LogP contribution is -1.84. The van der Waals surface area contributed by atoms with Gasteiger partial charge in [-0.2, -0.15) is 0 Å². The number of rotatable bonds is 1. The number of aromatic hydroxyl groups is 1. The van der Waals surface area contributed by atoms with Gasteiger partial charge < -0.3 is 5.11 Å². The summed E-state index contributed by atoms with van der Waals surface area (Å²) >= 11 is 0. The average Bonchev–Trinajstić information content (AvgIpc) is 2.41. The van der Waals surface area contributed by atoms with E-state index in [4.69, 9.17) is 0 Å². The molecular formula is C13H14O. The molecule has 1 aliphatic rings. The summed E-state index contributed by atoms with van der Waals surface area (Å²) in [5, 5.41) is 9.66. The zero-order chi connectivity index (χ0) is 9.97. The van der Waals surface area contributed by atoms with E-state index in [9.17, 15) is 5.11 Å². The predicted molar refractivity (Wildman–Crippen MR) is 60.0 cm³/mol. The van der Waals surface area contributed by atoms with E-state index in [1.807, 2.05) is 18.2 Å². The maximum atomic E-state index is 9.66. The van der Waals surface area contributed by atoms with E-state index in [-0.39, 0.29) is 0 Å². The zero-order valence-corrected chi connectivity index (χ0v) is 8.27. The second kappa shape index (κ2) is 3.70. The number of hydrogen-bond donors (Lipinski definition) is 1. The molecule has 0 amide bonds. The quantitative estimate of drug-likeness (QED) is 0.712. The van der Waals surface area contributed by atoms with Gasteiger partial charge in [0.05, 0.1) is 0 Å². The molecule has 1 atom stereocenters. The number of phenols is 1.